The van der Waals surface area contributed by atoms with E-state index >= 15 is 0 Å². The average Bonchev–Trinajstić information content (AvgIpc) is 2.54. The second-order valence-electron chi connectivity index (χ2n) is 6.02. The topological polar surface area (TPSA) is 87.3 Å². The number of benzene rings is 1. The van der Waals surface area contributed by atoms with Crippen molar-refractivity contribution in [3.05, 3.63) is 29.8 Å². The van der Waals surface area contributed by atoms with Crippen LogP contribution in [0.1, 0.15) is 23.7 Å². The molecule has 0 aliphatic carbocycles. The first kappa shape index (κ1) is 22.7. The molecular weight excluding hydrogens is 395 g/mol. The van der Waals surface area contributed by atoms with Gasteiger partial charge in [0.15, 0.2) is 0 Å². The summed E-state index contributed by atoms with van der Waals surface area (Å²) < 4.78 is 63.7. The van der Waals surface area contributed by atoms with E-state index in [1.807, 2.05) is 6.92 Å². The molecule has 3 N–H and O–H groups in total. The van der Waals surface area contributed by atoms with Gasteiger partial charge in [-0.25, -0.2) is 13.1 Å². The second-order valence-corrected chi connectivity index (χ2v) is 7.73. The normalized spacial score (nSPS) is 20.9. The molecule has 26 heavy (non-hydrogen) atoms. The fourth-order valence-corrected chi connectivity index (χ4v) is 3.83. The first-order valence-corrected chi connectivity index (χ1v) is 9.25. The highest BCUT2D eigenvalue weighted by Gasteiger charge is 2.28. The summed E-state index contributed by atoms with van der Waals surface area (Å²) >= 11 is 0. The molecule has 1 fully saturated rings. The summed E-state index contributed by atoms with van der Waals surface area (Å²) in [6.07, 6.45) is -3.65. The Morgan fingerprint density at radius 3 is 2.42 bits per heavy atom. The number of alkyl halides is 3. The van der Waals surface area contributed by atoms with Crippen LogP contribution in [0.15, 0.2) is 29.2 Å². The van der Waals surface area contributed by atoms with Gasteiger partial charge in [-0.2, -0.15) is 13.2 Å². The van der Waals surface area contributed by atoms with Gasteiger partial charge in [-0.05, 0) is 43.1 Å². The summed E-state index contributed by atoms with van der Waals surface area (Å²) in [6, 6.07) is 4.52. The summed E-state index contributed by atoms with van der Waals surface area (Å²) in [6.45, 7) is 1.88. The molecule has 0 aromatic heterocycles. The van der Waals surface area contributed by atoms with Gasteiger partial charge in [-0.3, -0.25) is 4.79 Å². The molecule has 1 aliphatic heterocycles. The third kappa shape index (κ3) is 6.42. The Morgan fingerprint density at radius 2 is 1.88 bits per heavy atom. The molecule has 11 heteroatoms. The second kappa shape index (κ2) is 9.03. The number of sulfonamides is 1. The molecule has 0 bridgehead atoms. The largest absolute Gasteiger partial charge is 0.405 e. The van der Waals surface area contributed by atoms with Crippen LogP contribution in [-0.4, -0.2) is 46.2 Å². The van der Waals surface area contributed by atoms with Crippen LogP contribution in [0, 0.1) is 5.92 Å². The van der Waals surface area contributed by atoms with E-state index in [4.69, 9.17) is 0 Å². The number of rotatable bonds is 5. The lowest BCUT2D eigenvalue weighted by Crippen LogP contribution is -2.50. The van der Waals surface area contributed by atoms with Gasteiger partial charge in [0.1, 0.15) is 6.54 Å². The van der Waals surface area contributed by atoms with E-state index in [9.17, 15) is 26.4 Å². The van der Waals surface area contributed by atoms with Crippen molar-refractivity contribution in [3.63, 3.8) is 0 Å². The molecular formula is C15H21ClF3N3O3S. The zero-order valence-electron chi connectivity index (χ0n) is 14.0. The van der Waals surface area contributed by atoms with Crippen molar-refractivity contribution in [2.45, 2.75) is 30.5 Å². The first-order valence-electron chi connectivity index (χ1n) is 7.76. The van der Waals surface area contributed by atoms with Gasteiger partial charge in [0.05, 0.1) is 4.90 Å². The van der Waals surface area contributed by atoms with Crippen LogP contribution in [0.5, 0.6) is 0 Å². The minimum atomic E-state index is -4.51. The molecule has 1 aromatic carbocycles. The van der Waals surface area contributed by atoms with Gasteiger partial charge in [-0.1, -0.05) is 6.92 Å². The zero-order chi connectivity index (χ0) is 18.7. The number of nitrogens with one attached hydrogen (secondary N) is 3. The first-order chi connectivity index (χ1) is 11.6. The number of halogens is 4. The predicted octanol–water partition coefficient (Wildman–Crippen LogP) is 1.68. The lowest BCUT2D eigenvalue weighted by molar-refractivity contribution is -0.123. The van der Waals surface area contributed by atoms with E-state index in [0.29, 0.717) is 6.54 Å². The third-order valence-corrected chi connectivity index (χ3v) is 5.52. The van der Waals surface area contributed by atoms with Crippen molar-refractivity contribution in [1.29, 1.82) is 0 Å². The highest BCUT2D eigenvalue weighted by Crippen LogP contribution is 2.17. The number of hydrogen-bond donors (Lipinski definition) is 3. The van der Waals surface area contributed by atoms with Crippen molar-refractivity contribution in [1.82, 2.24) is 15.4 Å². The molecule has 2 rings (SSSR count). The minimum absolute atomic E-state index is 0. The number of piperidine rings is 1. The Hall–Kier alpha value is -1.36. The molecule has 1 aromatic rings. The number of carbonyl (C=O) groups excluding carboxylic acids is 1. The maximum absolute atomic E-state index is 12.4. The minimum Gasteiger partial charge on any atom is -0.343 e. The highest BCUT2D eigenvalue weighted by atomic mass is 35.5. The van der Waals surface area contributed by atoms with Gasteiger partial charge in [0, 0.05) is 18.2 Å². The quantitative estimate of drug-likeness (QED) is 0.682. The maximum atomic E-state index is 12.4. The van der Waals surface area contributed by atoms with Crippen molar-refractivity contribution in [2.24, 2.45) is 5.92 Å². The van der Waals surface area contributed by atoms with Crippen molar-refractivity contribution < 1.29 is 26.4 Å². The Labute approximate surface area is 156 Å². The fourth-order valence-electron chi connectivity index (χ4n) is 2.48. The van der Waals surface area contributed by atoms with Crippen LogP contribution < -0.4 is 15.4 Å². The molecule has 1 aliphatic rings. The number of carbonyl (C=O) groups is 1. The van der Waals surface area contributed by atoms with E-state index in [0.717, 1.165) is 13.0 Å². The monoisotopic (exact) mass is 415 g/mol. The van der Waals surface area contributed by atoms with Gasteiger partial charge >= 0.3 is 6.18 Å². The van der Waals surface area contributed by atoms with E-state index in [1.165, 1.54) is 24.3 Å². The Morgan fingerprint density at radius 1 is 1.27 bits per heavy atom. The standard InChI is InChI=1S/C15H20F3N3O3S.ClH/c1-10-6-7-19-8-13(10)21-25(23,24)12-4-2-11(3-5-12)14(22)20-9-15(16,17)18;/h2-5,10,13,19,21H,6-9H2,1H3,(H,20,22);1H. The van der Waals surface area contributed by atoms with Gasteiger partial charge in [0.2, 0.25) is 10.0 Å². The Bertz CT molecular complexity index is 711. The van der Waals surface area contributed by atoms with Gasteiger partial charge in [0.25, 0.3) is 5.91 Å². The molecule has 0 spiro atoms. The molecule has 1 heterocycles. The van der Waals surface area contributed by atoms with Crippen LogP contribution in [0.4, 0.5) is 13.2 Å². The van der Waals surface area contributed by atoms with Crippen LogP contribution >= 0.6 is 12.4 Å². The van der Waals surface area contributed by atoms with Gasteiger partial charge < -0.3 is 10.6 Å². The molecule has 1 amide bonds. The molecule has 0 saturated carbocycles. The molecule has 0 radical (unpaired) electrons. The predicted molar refractivity (Wildman–Crippen MR) is 92.8 cm³/mol. The third-order valence-electron chi connectivity index (χ3n) is 4.01. The smallest absolute Gasteiger partial charge is 0.343 e. The van der Waals surface area contributed by atoms with Gasteiger partial charge in [-0.15, -0.1) is 12.4 Å². The molecule has 2 atom stereocenters. The van der Waals surface area contributed by atoms with E-state index < -0.39 is 28.7 Å². The van der Waals surface area contributed by atoms with Crippen molar-refractivity contribution in [2.75, 3.05) is 19.6 Å². The highest BCUT2D eigenvalue weighted by molar-refractivity contribution is 7.89. The maximum Gasteiger partial charge on any atom is 0.405 e. The van der Waals surface area contributed by atoms with E-state index in [1.54, 1.807) is 5.32 Å². The lowest BCUT2D eigenvalue weighted by atomic mass is 9.96. The van der Waals surface area contributed by atoms with Crippen molar-refractivity contribution in [3.8, 4) is 0 Å². The summed E-state index contributed by atoms with van der Waals surface area (Å²) in [5.41, 5.74) is -0.0455. The zero-order valence-corrected chi connectivity index (χ0v) is 15.6. The fraction of sp³-hybridized carbons (Fsp3) is 0.533. The summed E-state index contributed by atoms with van der Waals surface area (Å²) in [4.78, 5) is 11.6. The summed E-state index contributed by atoms with van der Waals surface area (Å²) in [5.74, 6) is -0.734. The molecule has 6 nitrogen and oxygen atoms in total. The molecule has 148 valence electrons. The van der Waals surface area contributed by atoms with Crippen LogP contribution in [0.2, 0.25) is 0 Å². The lowest BCUT2D eigenvalue weighted by Gasteiger charge is -2.29. The Kier molecular flexibility index (Phi) is 7.87. The molecule has 2 unspecified atom stereocenters. The average molecular weight is 416 g/mol. The van der Waals surface area contributed by atoms with Crippen LogP contribution in [-0.2, 0) is 10.0 Å². The summed E-state index contributed by atoms with van der Waals surface area (Å²) in [7, 11) is -3.77. The number of hydrogen-bond acceptors (Lipinski definition) is 4. The summed E-state index contributed by atoms with van der Waals surface area (Å²) in [5, 5.41) is 4.85. The Balaban J connectivity index is 0.00000338. The molecule has 1 saturated heterocycles. The van der Waals surface area contributed by atoms with Crippen LogP contribution in [0.25, 0.3) is 0 Å². The van der Waals surface area contributed by atoms with Crippen molar-refractivity contribution >= 4 is 28.3 Å². The van der Waals surface area contributed by atoms with Crippen LogP contribution in [0.3, 0.4) is 0 Å². The SMILES string of the molecule is CC1CCNCC1NS(=O)(=O)c1ccc(C(=O)NCC(F)(F)F)cc1.Cl. The van der Waals surface area contributed by atoms with E-state index in [-0.39, 0.29) is 34.8 Å². The van der Waals surface area contributed by atoms with E-state index in [2.05, 4.69) is 10.0 Å². The number of amides is 1.